The van der Waals surface area contributed by atoms with Crippen molar-refractivity contribution >= 4 is 40.3 Å². The maximum Gasteiger partial charge on any atom is 0.313 e. The van der Waals surface area contributed by atoms with E-state index in [1.807, 2.05) is 18.7 Å². The summed E-state index contributed by atoms with van der Waals surface area (Å²) in [5.74, 6) is 0.702. The van der Waals surface area contributed by atoms with Crippen LogP contribution in [0.2, 0.25) is 0 Å². The summed E-state index contributed by atoms with van der Waals surface area (Å²) in [6.07, 6.45) is 20.9. The van der Waals surface area contributed by atoms with Gasteiger partial charge in [-0.25, -0.2) is 0 Å². The molecule has 0 aliphatic rings. The zero-order chi connectivity index (χ0) is 22.3. The fraction of sp³-hybridized carbons (Fsp3) is 1.00. The molecule has 0 bridgehead atoms. The summed E-state index contributed by atoms with van der Waals surface area (Å²) in [6.45, 7) is 9.05. The Hall–Kier alpha value is 1.24. The predicted octanol–water partition coefficient (Wildman–Crippen LogP) is 10.6. The highest BCUT2D eigenvalue weighted by Crippen LogP contribution is 2.71. The van der Waals surface area contributed by atoms with Crippen LogP contribution >= 0.6 is 40.3 Å². The Kier molecular flexibility index (Phi) is 24.4. The average molecular weight is 499 g/mol. The second kappa shape index (κ2) is 23.4. The van der Waals surface area contributed by atoms with Crippen molar-refractivity contribution in [3.05, 3.63) is 0 Å². The van der Waals surface area contributed by atoms with Gasteiger partial charge in [0, 0.05) is 16.8 Å². The summed E-state index contributed by atoms with van der Waals surface area (Å²) >= 11 is 5.12. The number of hydrogen-bond donors (Lipinski definition) is 0. The molecule has 2 atom stereocenters. The minimum absolute atomic E-state index is 0.401. The summed E-state index contributed by atoms with van der Waals surface area (Å²) < 4.78 is 18.5. The van der Waals surface area contributed by atoms with Crippen molar-refractivity contribution < 1.29 is 9.09 Å². The van der Waals surface area contributed by atoms with Gasteiger partial charge in [-0.1, -0.05) is 127 Å². The van der Waals surface area contributed by atoms with Crippen LogP contribution in [0.4, 0.5) is 0 Å². The molecule has 30 heavy (non-hydrogen) atoms. The van der Waals surface area contributed by atoms with Crippen LogP contribution in [0.3, 0.4) is 0 Å². The molecule has 0 rings (SSSR count). The number of unbranched alkanes of at least 4 members (excludes halogenated alkanes) is 13. The largest absolute Gasteiger partial charge is 0.314 e. The van der Waals surface area contributed by atoms with Gasteiger partial charge in [-0.2, -0.15) is 11.8 Å². The van der Waals surface area contributed by atoms with Crippen LogP contribution in [0.5, 0.6) is 0 Å². The first-order chi connectivity index (χ1) is 14.6. The Morgan fingerprint density at radius 1 is 0.700 bits per heavy atom. The highest BCUT2D eigenvalue weighted by molar-refractivity contribution is 8.89. The van der Waals surface area contributed by atoms with Crippen molar-refractivity contribution in [2.75, 3.05) is 23.9 Å². The maximum absolute atomic E-state index is 12.8. The van der Waals surface area contributed by atoms with E-state index in [-0.39, 0.29) is 0 Å². The molecule has 0 radical (unpaired) electrons. The lowest BCUT2D eigenvalue weighted by molar-refractivity contribution is 0.357. The van der Waals surface area contributed by atoms with Gasteiger partial charge in [0.25, 0.3) is 0 Å². The summed E-state index contributed by atoms with van der Waals surface area (Å²) in [7, 11) is 0. The molecule has 0 heterocycles. The molecule has 0 spiro atoms. The van der Waals surface area contributed by atoms with E-state index in [4.69, 9.17) is 4.52 Å². The Morgan fingerprint density at radius 2 is 1.20 bits per heavy atom. The van der Waals surface area contributed by atoms with Crippen LogP contribution in [0.15, 0.2) is 0 Å². The first kappa shape index (κ1) is 31.2. The standard InChI is InChI=1S/C24H51O2PS3/c1-5-8-9-10-11-12-13-14-15-16-17-18-19-20-21-28-22-23-29-27(25,26-7-3)30-24(4)6-2/h24H,5-23H2,1-4H3/t24-,27?/m0/s1. The minimum Gasteiger partial charge on any atom is -0.314 e. The normalized spacial score (nSPS) is 14.7. The molecular formula is C24H51O2PS3. The van der Waals surface area contributed by atoms with E-state index in [9.17, 15) is 4.57 Å². The van der Waals surface area contributed by atoms with Gasteiger partial charge in [0.2, 0.25) is 0 Å². The van der Waals surface area contributed by atoms with Gasteiger partial charge >= 0.3 is 5.77 Å². The van der Waals surface area contributed by atoms with Gasteiger partial charge in [-0.3, -0.25) is 4.57 Å². The summed E-state index contributed by atoms with van der Waals surface area (Å²) in [6, 6.07) is 0. The van der Waals surface area contributed by atoms with Crippen molar-refractivity contribution in [2.45, 2.75) is 129 Å². The van der Waals surface area contributed by atoms with Gasteiger partial charge in [0.1, 0.15) is 0 Å². The highest BCUT2D eigenvalue weighted by atomic mass is 33.1. The van der Waals surface area contributed by atoms with Crippen LogP contribution in [-0.4, -0.2) is 29.1 Å². The van der Waals surface area contributed by atoms with E-state index in [2.05, 4.69) is 20.8 Å². The number of hydrogen-bond acceptors (Lipinski definition) is 5. The zero-order valence-corrected chi connectivity index (χ0v) is 23.8. The topological polar surface area (TPSA) is 26.3 Å². The summed E-state index contributed by atoms with van der Waals surface area (Å²) in [5.41, 5.74) is 0. The zero-order valence-electron chi connectivity index (χ0n) is 20.5. The molecule has 0 saturated carbocycles. The third-order valence-corrected chi connectivity index (χ3v) is 14.6. The molecule has 1 unspecified atom stereocenters. The van der Waals surface area contributed by atoms with Gasteiger partial charge in [0.15, 0.2) is 0 Å². The molecule has 2 nitrogen and oxygen atoms in total. The van der Waals surface area contributed by atoms with E-state index in [0.29, 0.717) is 11.9 Å². The van der Waals surface area contributed by atoms with Crippen molar-refractivity contribution in [1.29, 1.82) is 0 Å². The second-order valence-corrected chi connectivity index (χ2v) is 17.3. The van der Waals surface area contributed by atoms with E-state index < -0.39 is 5.77 Å². The lowest BCUT2D eigenvalue weighted by Gasteiger charge is -2.19. The van der Waals surface area contributed by atoms with Crippen LogP contribution in [0.25, 0.3) is 0 Å². The van der Waals surface area contributed by atoms with Crippen molar-refractivity contribution in [3.8, 4) is 0 Å². The molecule has 0 saturated heterocycles. The average Bonchev–Trinajstić information content (AvgIpc) is 2.73. The van der Waals surface area contributed by atoms with Gasteiger partial charge in [0.05, 0.1) is 6.61 Å². The molecule has 0 amide bonds. The lowest BCUT2D eigenvalue weighted by Crippen LogP contribution is -1.95. The van der Waals surface area contributed by atoms with Crippen molar-refractivity contribution in [1.82, 2.24) is 0 Å². The molecule has 0 fully saturated rings. The van der Waals surface area contributed by atoms with Crippen LogP contribution in [0, 0.1) is 0 Å². The van der Waals surface area contributed by atoms with Crippen LogP contribution in [0.1, 0.15) is 124 Å². The molecule has 0 aromatic carbocycles. The van der Waals surface area contributed by atoms with E-state index in [1.54, 1.807) is 22.8 Å². The molecular weight excluding hydrogens is 447 g/mol. The Morgan fingerprint density at radius 3 is 1.67 bits per heavy atom. The fourth-order valence-electron chi connectivity index (χ4n) is 3.26. The van der Waals surface area contributed by atoms with Crippen molar-refractivity contribution in [2.24, 2.45) is 0 Å². The highest BCUT2D eigenvalue weighted by Gasteiger charge is 2.26. The molecule has 6 heteroatoms. The SMILES string of the molecule is CCCCCCCCCCCCCCCCSCCSP(=O)(OCC)S[C@@H](C)CC. The lowest BCUT2D eigenvalue weighted by atomic mass is 10.0. The molecule has 182 valence electrons. The third kappa shape index (κ3) is 21.1. The second-order valence-electron chi connectivity index (χ2n) is 8.23. The maximum atomic E-state index is 12.8. The molecule has 0 aromatic heterocycles. The number of thioether (sulfide) groups is 1. The van der Waals surface area contributed by atoms with Crippen molar-refractivity contribution in [3.63, 3.8) is 0 Å². The van der Waals surface area contributed by atoms with Gasteiger partial charge in [-0.15, -0.1) is 0 Å². The smallest absolute Gasteiger partial charge is 0.313 e. The molecule has 0 aliphatic heterocycles. The first-order valence-electron chi connectivity index (χ1n) is 12.7. The van der Waals surface area contributed by atoms with Gasteiger partial charge < -0.3 is 4.52 Å². The van der Waals surface area contributed by atoms with E-state index >= 15 is 0 Å². The van der Waals surface area contributed by atoms with Crippen LogP contribution < -0.4 is 0 Å². The Bertz CT molecular complexity index is 397. The summed E-state index contributed by atoms with van der Waals surface area (Å²) in [5, 5.41) is 0.401. The molecule has 0 aromatic rings. The predicted molar refractivity (Wildman–Crippen MR) is 147 cm³/mol. The Balaban J connectivity index is 3.38. The van der Waals surface area contributed by atoms with Gasteiger partial charge in [-0.05, 0) is 25.5 Å². The van der Waals surface area contributed by atoms with E-state index in [0.717, 1.165) is 17.9 Å². The van der Waals surface area contributed by atoms with Crippen LogP contribution in [-0.2, 0) is 9.09 Å². The summed E-state index contributed by atoms with van der Waals surface area (Å²) in [4.78, 5) is 0. The quantitative estimate of drug-likeness (QED) is 0.0973. The minimum atomic E-state index is -2.56. The molecule has 0 aliphatic carbocycles. The fourth-order valence-corrected chi connectivity index (χ4v) is 12.8. The Labute approximate surface area is 201 Å². The van der Waals surface area contributed by atoms with E-state index in [1.165, 1.54) is 95.6 Å². The third-order valence-electron chi connectivity index (χ3n) is 5.29. The number of rotatable bonds is 24. The first-order valence-corrected chi connectivity index (χ1v) is 18.6. The monoisotopic (exact) mass is 498 g/mol. The molecule has 0 N–H and O–H groups in total.